The molecule has 4 heteroatoms. The van der Waals surface area contributed by atoms with Crippen LogP contribution in [0.25, 0.3) is 38.8 Å². The highest BCUT2D eigenvalue weighted by Gasteiger charge is 2.46. The van der Waals surface area contributed by atoms with Crippen LogP contribution < -0.4 is 9.80 Å². The van der Waals surface area contributed by atoms with Crippen LogP contribution in [0, 0.1) is 6.92 Å². The molecule has 0 radical (unpaired) electrons. The van der Waals surface area contributed by atoms with Gasteiger partial charge in [0, 0.05) is 28.2 Å². The molecule has 0 fully saturated rings. The largest absolute Gasteiger partial charge is 0.347 e. The first-order chi connectivity index (χ1) is 25.3. The van der Waals surface area contributed by atoms with Gasteiger partial charge in [-0.15, -0.1) is 0 Å². The molecule has 52 heavy (non-hydrogen) atoms. The van der Waals surface area contributed by atoms with Crippen LogP contribution in [0.15, 0.2) is 158 Å². The summed E-state index contributed by atoms with van der Waals surface area (Å²) in [6, 6.07) is 56.3. The number of pyridine rings is 1. The van der Waals surface area contributed by atoms with Crippen LogP contribution >= 0.6 is 0 Å². The van der Waals surface area contributed by atoms with Crippen molar-refractivity contribution in [2.24, 2.45) is 0 Å². The van der Waals surface area contributed by atoms with E-state index in [-0.39, 0.29) is 5.54 Å². The molecule has 0 unspecified atom stereocenters. The first-order valence-electron chi connectivity index (χ1n) is 18.2. The molecule has 1 aliphatic carbocycles. The molecule has 0 spiro atoms. The van der Waals surface area contributed by atoms with Crippen LogP contribution in [0.4, 0.5) is 17.1 Å². The van der Waals surface area contributed by atoms with Gasteiger partial charge < -0.3 is 9.80 Å². The fourth-order valence-corrected chi connectivity index (χ4v) is 9.03. The van der Waals surface area contributed by atoms with Crippen molar-refractivity contribution in [3.05, 3.63) is 186 Å². The van der Waals surface area contributed by atoms with Gasteiger partial charge in [0.15, 0.2) is 0 Å². The number of nitrogens with zero attached hydrogens (tertiary/aromatic N) is 4. The number of para-hydroxylation sites is 3. The zero-order valence-electron chi connectivity index (χ0n) is 30.0. The van der Waals surface area contributed by atoms with Crippen LogP contribution in [0.3, 0.4) is 0 Å². The zero-order valence-corrected chi connectivity index (χ0v) is 30.0. The maximum absolute atomic E-state index is 4.91. The van der Waals surface area contributed by atoms with E-state index in [1.54, 1.807) is 0 Å². The maximum Gasteiger partial charge on any atom is 0.137 e. The van der Waals surface area contributed by atoms with Crippen LogP contribution in [0.5, 0.6) is 0 Å². The molecule has 2 aromatic heterocycles. The minimum Gasteiger partial charge on any atom is -0.347 e. The molecule has 8 aromatic rings. The Hall–Kier alpha value is -6.13. The van der Waals surface area contributed by atoms with E-state index in [0.717, 1.165) is 23.5 Å². The lowest BCUT2D eigenvalue weighted by molar-refractivity contribution is 0.518. The van der Waals surface area contributed by atoms with Gasteiger partial charge in [-0.05, 0) is 115 Å². The highest BCUT2D eigenvalue weighted by molar-refractivity contribution is 6.09. The number of hydrogen-bond donors (Lipinski definition) is 0. The van der Waals surface area contributed by atoms with Crippen molar-refractivity contribution in [3.63, 3.8) is 0 Å². The Kier molecular flexibility index (Phi) is 6.60. The van der Waals surface area contributed by atoms with Gasteiger partial charge in [-0.3, -0.25) is 4.57 Å². The highest BCUT2D eigenvalue weighted by Crippen LogP contribution is 2.57. The van der Waals surface area contributed by atoms with E-state index in [2.05, 4.69) is 194 Å². The average molecular weight is 673 g/mol. The predicted molar refractivity (Wildman–Crippen MR) is 216 cm³/mol. The van der Waals surface area contributed by atoms with Crippen molar-refractivity contribution >= 4 is 38.9 Å². The second-order valence-electron chi connectivity index (χ2n) is 15.3. The zero-order chi connectivity index (χ0) is 35.2. The molecule has 2 aliphatic rings. The van der Waals surface area contributed by atoms with E-state index in [1.807, 2.05) is 6.20 Å². The number of benzene rings is 6. The lowest BCUT2D eigenvalue weighted by Gasteiger charge is -2.36. The molecule has 0 saturated carbocycles. The van der Waals surface area contributed by atoms with Crippen molar-refractivity contribution in [2.75, 3.05) is 16.5 Å². The fourth-order valence-electron chi connectivity index (χ4n) is 9.03. The first kappa shape index (κ1) is 30.7. The van der Waals surface area contributed by atoms with Crippen molar-refractivity contribution in [2.45, 2.75) is 38.6 Å². The van der Waals surface area contributed by atoms with E-state index in [0.29, 0.717) is 0 Å². The molecule has 0 amide bonds. The Morgan fingerprint density at radius 1 is 0.577 bits per heavy atom. The Bertz CT molecular complexity index is 2650. The van der Waals surface area contributed by atoms with Gasteiger partial charge in [-0.1, -0.05) is 103 Å². The maximum atomic E-state index is 4.91. The SMILES string of the molecule is Cc1ccnc(-n2c3ccccc3c3ccc(C4(c5cccc(N6CN(C(C)(C)C)c7ccccc76)c5)c5ccccc5-c5ccccc54)cc32)c1. The highest BCUT2D eigenvalue weighted by atomic mass is 15.4. The predicted octanol–water partition coefficient (Wildman–Crippen LogP) is 11.6. The van der Waals surface area contributed by atoms with Crippen molar-refractivity contribution in [3.8, 4) is 16.9 Å². The Morgan fingerprint density at radius 3 is 1.98 bits per heavy atom. The van der Waals surface area contributed by atoms with Crippen molar-refractivity contribution < 1.29 is 0 Å². The van der Waals surface area contributed by atoms with Crippen LogP contribution in [-0.4, -0.2) is 21.8 Å². The van der Waals surface area contributed by atoms with Crippen LogP contribution in [-0.2, 0) is 5.41 Å². The van der Waals surface area contributed by atoms with Gasteiger partial charge in [0.1, 0.15) is 5.82 Å². The number of anilines is 3. The van der Waals surface area contributed by atoms with Crippen molar-refractivity contribution in [1.82, 2.24) is 9.55 Å². The summed E-state index contributed by atoms with van der Waals surface area (Å²) >= 11 is 0. The number of fused-ring (bicyclic) bond motifs is 7. The second-order valence-corrected chi connectivity index (χ2v) is 15.3. The van der Waals surface area contributed by atoms with Crippen molar-refractivity contribution in [1.29, 1.82) is 0 Å². The summed E-state index contributed by atoms with van der Waals surface area (Å²) in [6.45, 7) is 9.83. The van der Waals surface area contributed by atoms with E-state index < -0.39 is 5.41 Å². The third-order valence-corrected chi connectivity index (χ3v) is 11.3. The molecule has 4 nitrogen and oxygen atoms in total. The van der Waals surface area contributed by atoms with Crippen LogP contribution in [0.2, 0.25) is 0 Å². The van der Waals surface area contributed by atoms with Gasteiger partial charge in [0.2, 0.25) is 0 Å². The van der Waals surface area contributed by atoms with Gasteiger partial charge in [0.05, 0.1) is 34.5 Å². The average Bonchev–Trinajstić information content (AvgIpc) is 3.82. The number of hydrogen-bond acceptors (Lipinski definition) is 3. The summed E-state index contributed by atoms with van der Waals surface area (Å²) in [5.74, 6) is 0.933. The summed E-state index contributed by atoms with van der Waals surface area (Å²) in [6.07, 6.45) is 1.92. The Labute approximate surface area is 305 Å². The van der Waals surface area contributed by atoms with Gasteiger partial charge in [-0.25, -0.2) is 4.98 Å². The van der Waals surface area contributed by atoms with E-state index in [1.165, 1.54) is 66.8 Å². The summed E-state index contributed by atoms with van der Waals surface area (Å²) in [5.41, 5.74) is 14.3. The molecule has 10 rings (SSSR count). The molecule has 0 atom stereocenters. The third kappa shape index (κ3) is 4.30. The van der Waals surface area contributed by atoms with E-state index in [4.69, 9.17) is 4.98 Å². The lowest BCUT2D eigenvalue weighted by atomic mass is 9.67. The molecule has 3 heterocycles. The normalized spacial score (nSPS) is 14.5. The molecule has 6 aromatic carbocycles. The molecule has 0 bridgehead atoms. The Morgan fingerprint density at radius 2 is 1.23 bits per heavy atom. The van der Waals surface area contributed by atoms with Gasteiger partial charge in [-0.2, -0.15) is 0 Å². The van der Waals surface area contributed by atoms with E-state index >= 15 is 0 Å². The topological polar surface area (TPSA) is 24.3 Å². The van der Waals surface area contributed by atoms with Gasteiger partial charge >= 0.3 is 0 Å². The molecule has 0 N–H and O–H groups in total. The minimum absolute atomic E-state index is 0.0208. The molecular weight excluding hydrogens is 633 g/mol. The molecule has 1 aliphatic heterocycles. The smallest absolute Gasteiger partial charge is 0.137 e. The fraction of sp³-hybridized carbons (Fsp3) is 0.146. The summed E-state index contributed by atoms with van der Waals surface area (Å²) in [4.78, 5) is 9.90. The quantitative estimate of drug-likeness (QED) is 0.186. The molecular formula is C48H40N4. The minimum atomic E-state index is -0.554. The summed E-state index contributed by atoms with van der Waals surface area (Å²) in [7, 11) is 0. The summed E-state index contributed by atoms with van der Waals surface area (Å²) < 4.78 is 2.35. The molecule has 0 saturated heterocycles. The second kappa shape index (κ2) is 11.2. The molecule has 252 valence electrons. The first-order valence-corrected chi connectivity index (χ1v) is 18.2. The Balaban J connectivity index is 1.26. The number of aromatic nitrogens is 2. The lowest BCUT2D eigenvalue weighted by Crippen LogP contribution is -2.42. The number of aryl methyl sites for hydroxylation is 1. The standard InChI is InChI=1S/C48H40N4/c1-32-26-27-49-46(28-32)52-42-21-10-7-18-38(42)39-25-24-34(30-45(39)52)48(40-19-8-5-16-36(40)37-17-6-9-20-41(37)48)33-14-13-15-35(29-33)50-31-51(47(2,3)4)44-23-12-11-22-43(44)50/h5-30H,31H2,1-4H3. The van der Waals surface area contributed by atoms with Crippen LogP contribution in [0.1, 0.15) is 48.6 Å². The van der Waals surface area contributed by atoms with Gasteiger partial charge in [0.25, 0.3) is 0 Å². The number of rotatable bonds is 4. The monoisotopic (exact) mass is 672 g/mol. The van der Waals surface area contributed by atoms with E-state index in [9.17, 15) is 0 Å². The third-order valence-electron chi connectivity index (χ3n) is 11.3. The summed E-state index contributed by atoms with van der Waals surface area (Å²) in [5, 5.41) is 2.45.